The van der Waals surface area contributed by atoms with Gasteiger partial charge in [0, 0.05) is 18.2 Å². The van der Waals surface area contributed by atoms with Crippen molar-refractivity contribution in [1.29, 1.82) is 0 Å². The molecule has 0 atom stereocenters. The second-order valence-corrected chi connectivity index (χ2v) is 4.62. The first-order chi connectivity index (χ1) is 9.24. The fourth-order valence-electron chi connectivity index (χ4n) is 1.80. The lowest BCUT2D eigenvalue weighted by Crippen LogP contribution is -2.03. The highest BCUT2D eigenvalue weighted by atomic mass is 35.5. The number of benzene rings is 1. The topological polar surface area (TPSA) is 56.3 Å². The van der Waals surface area contributed by atoms with E-state index in [0.717, 1.165) is 17.1 Å². The fourth-order valence-corrected chi connectivity index (χ4v) is 2.10. The summed E-state index contributed by atoms with van der Waals surface area (Å²) >= 11 is 11.7. The molecule has 0 spiro atoms. The van der Waals surface area contributed by atoms with E-state index in [1.54, 1.807) is 6.07 Å². The summed E-state index contributed by atoms with van der Waals surface area (Å²) in [6.45, 7) is 0.768. The summed E-state index contributed by atoms with van der Waals surface area (Å²) in [6.07, 6.45) is 0. The maximum absolute atomic E-state index is 5.93. The second kappa shape index (κ2) is 5.11. The molecule has 0 saturated heterocycles. The molecule has 1 N–H and O–H groups in total. The number of aromatic nitrogens is 2. The fraction of sp³-hybridized carbons (Fsp3) is 0.167. The molecule has 0 bridgehead atoms. The summed E-state index contributed by atoms with van der Waals surface area (Å²) in [5.74, 6) is 1.50. The van der Waals surface area contributed by atoms with E-state index in [0.29, 0.717) is 12.2 Å². The summed E-state index contributed by atoms with van der Waals surface area (Å²) in [4.78, 5) is 0. The van der Waals surface area contributed by atoms with Gasteiger partial charge in [0.05, 0.1) is 5.69 Å². The minimum Gasteiger partial charge on any atom is -0.454 e. The van der Waals surface area contributed by atoms with Crippen LogP contribution in [0.4, 0.5) is 5.69 Å². The maximum Gasteiger partial charge on any atom is 0.231 e. The average Bonchev–Trinajstić information content (AvgIpc) is 2.88. The Bertz CT molecular complexity index is 622. The molecule has 1 aromatic carbocycles. The van der Waals surface area contributed by atoms with Crippen LogP contribution in [0.15, 0.2) is 24.3 Å². The molecule has 2 heterocycles. The largest absolute Gasteiger partial charge is 0.454 e. The van der Waals surface area contributed by atoms with E-state index < -0.39 is 0 Å². The van der Waals surface area contributed by atoms with E-state index in [-0.39, 0.29) is 17.1 Å². The van der Waals surface area contributed by atoms with Gasteiger partial charge in [0.2, 0.25) is 6.79 Å². The van der Waals surface area contributed by atoms with E-state index in [9.17, 15) is 0 Å². The number of nitrogens with one attached hydrogen (secondary N) is 1. The zero-order valence-corrected chi connectivity index (χ0v) is 11.2. The molecule has 0 amide bonds. The summed E-state index contributed by atoms with van der Waals surface area (Å²) in [5.41, 5.74) is 1.59. The van der Waals surface area contributed by atoms with Crippen molar-refractivity contribution in [3.8, 4) is 11.5 Å². The Morgan fingerprint density at radius 3 is 3.00 bits per heavy atom. The third kappa shape index (κ3) is 2.52. The van der Waals surface area contributed by atoms with Gasteiger partial charge in [-0.25, -0.2) is 0 Å². The molecule has 3 rings (SSSR count). The Hall–Kier alpha value is -1.72. The van der Waals surface area contributed by atoms with Crippen LogP contribution >= 0.6 is 23.2 Å². The molecule has 7 heteroatoms. The first kappa shape index (κ1) is 12.3. The molecule has 1 aliphatic heterocycles. The molecule has 1 aliphatic rings. The van der Waals surface area contributed by atoms with Crippen molar-refractivity contribution in [2.75, 3.05) is 12.1 Å². The van der Waals surface area contributed by atoms with Gasteiger partial charge in [0.1, 0.15) is 0 Å². The number of hydrogen-bond donors (Lipinski definition) is 1. The zero-order valence-electron chi connectivity index (χ0n) is 9.69. The Morgan fingerprint density at radius 1 is 1.21 bits per heavy atom. The van der Waals surface area contributed by atoms with Gasteiger partial charge in [-0.1, -0.05) is 35.3 Å². The Balaban J connectivity index is 1.80. The lowest BCUT2D eigenvalue weighted by atomic mass is 10.2. The van der Waals surface area contributed by atoms with Crippen molar-refractivity contribution in [3.63, 3.8) is 0 Å². The molecule has 2 aromatic rings. The number of ether oxygens (including phenoxy) is 2. The Kier molecular flexibility index (Phi) is 3.31. The molecule has 5 nitrogen and oxygen atoms in total. The molecule has 0 saturated carbocycles. The molecule has 19 heavy (non-hydrogen) atoms. The third-order valence-electron chi connectivity index (χ3n) is 2.67. The number of rotatable bonds is 3. The summed E-state index contributed by atoms with van der Waals surface area (Å²) in [7, 11) is 0. The van der Waals surface area contributed by atoms with Crippen LogP contribution in [0.2, 0.25) is 10.3 Å². The highest BCUT2D eigenvalue weighted by molar-refractivity contribution is 6.33. The van der Waals surface area contributed by atoms with Gasteiger partial charge in [-0.3, -0.25) is 0 Å². The quantitative estimate of drug-likeness (QED) is 0.943. The SMILES string of the molecule is Clc1cc(NCc2cccc3c2OCO3)c(Cl)nn1. The maximum atomic E-state index is 5.93. The minimum absolute atomic E-state index is 0.246. The van der Waals surface area contributed by atoms with Crippen molar-refractivity contribution in [3.05, 3.63) is 40.1 Å². The van der Waals surface area contributed by atoms with E-state index >= 15 is 0 Å². The van der Waals surface area contributed by atoms with E-state index in [2.05, 4.69) is 15.5 Å². The molecule has 98 valence electrons. The van der Waals surface area contributed by atoms with Crippen molar-refractivity contribution in [2.45, 2.75) is 6.54 Å². The highest BCUT2D eigenvalue weighted by Crippen LogP contribution is 2.35. The van der Waals surface area contributed by atoms with Crippen LogP contribution in [0.5, 0.6) is 11.5 Å². The number of anilines is 1. The van der Waals surface area contributed by atoms with E-state index in [1.165, 1.54) is 0 Å². The second-order valence-electron chi connectivity index (χ2n) is 3.88. The number of nitrogens with zero attached hydrogens (tertiary/aromatic N) is 2. The summed E-state index contributed by atoms with van der Waals surface area (Å²) < 4.78 is 10.7. The van der Waals surface area contributed by atoms with Crippen LogP contribution in [0.25, 0.3) is 0 Å². The summed E-state index contributed by atoms with van der Waals surface area (Å²) in [6, 6.07) is 7.34. The average molecular weight is 298 g/mol. The van der Waals surface area contributed by atoms with Crippen LogP contribution in [-0.2, 0) is 6.54 Å². The zero-order chi connectivity index (χ0) is 13.2. The normalized spacial score (nSPS) is 12.5. The Labute approximate surface area is 119 Å². The molecule has 0 fully saturated rings. The van der Waals surface area contributed by atoms with Crippen LogP contribution in [0, 0.1) is 0 Å². The van der Waals surface area contributed by atoms with E-state index in [1.807, 2.05) is 18.2 Å². The van der Waals surface area contributed by atoms with Gasteiger partial charge in [-0.15, -0.1) is 10.2 Å². The number of para-hydroxylation sites is 1. The number of fused-ring (bicyclic) bond motifs is 1. The minimum atomic E-state index is 0.246. The van der Waals surface area contributed by atoms with Crippen molar-refractivity contribution in [2.24, 2.45) is 0 Å². The van der Waals surface area contributed by atoms with E-state index in [4.69, 9.17) is 32.7 Å². The smallest absolute Gasteiger partial charge is 0.231 e. The first-order valence-electron chi connectivity index (χ1n) is 5.54. The number of halogens is 2. The van der Waals surface area contributed by atoms with Crippen LogP contribution in [0.3, 0.4) is 0 Å². The monoisotopic (exact) mass is 297 g/mol. The van der Waals surface area contributed by atoms with Gasteiger partial charge >= 0.3 is 0 Å². The molecular formula is C12H9Cl2N3O2. The lowest BCUT2D eigenvalue weighted by molar-refractivity contribution is 0.173. The third-order valence-corrected chi connectivity index (χ3v) is 3.13. The molecule has 0 radical (unpaired) electrons. The molecule has 1 aromatic heterocycles. The molecule has 0 aliphatic carbocycles. The van der Waals surface area contributed by atoms with Gasteiger partial charge in [0.15, 0.2) is 21.8 Å². The number of hydrogen-bond acceptors (Lipinski definition) is 5. The first-order valence-corrected chi connectivity index (χ1v) is 6.30. The van der Waals surface area contributed by atoms with Gasteiger partial charge in [-0.2, -0.15) is 0 Å². The van der Waals surface area contributed by atoms with Gasteiger partial charge in [0.25, 0.3) is 0 Å². The van der Waals surface area contributed by atoms with Crippen LogP contribution in [-0.4, -0.2) is 17.0 Å². The van der Waals surface area contributed by atoms with Gasteiger partial charge < -0.3 is 14.8 Å². The summed E-state index contributed by atoms with van der Waals surface area (Å²) in [5, 5.41) is 11.1. The van der Waals surface area contributed by atoms with Crippen molar-refractivity contribution in [1.82, 2.24) is 10.2 Å². The van der Waals surface area contributed by atoms with Crippen molar-refractivity contribution >= 4 is 28.9 Å². The molecular weight excluding hydrogens is 289 g/mol. The molecule has 0 unspecified atom stereocenters. The van der Waals surface area contributed by atoms with Crippen molar-refractivity contribution < 1.29 is 9.47 Å². The predicted octanol–water partition coefficient (Wildman–Crippen LogP) is 3.12. The highest BCUT2D eigenvalue weighted by Gasteiger charge is 2.17. The lowest BCUT2D eigenvalue weighted by Gasteiger charge is -2.09. The van der Waals surface area contributed by atoms with Gasteiger partial charge in [-0.05, 0) is 6.07 Å². The van der Waals surface area contributed by atoms with Crippen LogP contribution < -0.4 is 14.8 Å². The predicted molar refractivity (Wildman–Crippen MR) is 71.9 cm³/mol. The Morgan fingerprint density at radius 2 is 2.11 bits per heavy atom. The standard InChI is InChI=1S/C12H9Cl2N3O2/c13-10-4-8(12(14)17-16-10)15-5-7-2-1-3-9-11(7)19-6-18-9/h1-4H,5-6H2,(H,15,16). The van der Waals surface area contributed by atoms with Crippen LogP contribution in [0.1, 0.15) is 5.56 Å².